The average Bonchev–Trinajstić information content (AvgIpc) is 2.81. The van der Waals surface area contributed by atoms with Gasteiger partial charge in [-0.25, -0.2) is 16.8 Å². The van der Waals surface area contributed by atoms with E-state index in [1.807, 2.05) is 51.3 Å². The number of nitrogens with zero attached hydrogens (tertiary/aromatic N) is 2. The fraction of sp³-hybridized carbons (Fsp3) is 0.385. The molecular formula is C26H38N2O4S2. The van der Waals surface area contributed by atoms with Crippen molar-refractivity contribution in [3.05, 3.63) is 82.9 Å². The van der Waals surface area contributed by atoms with Gasteiger partial charge in [0.1, 0.15) is 0 Å². The molecular weight excluding hydrogens is 468 g/mol. The molecule has 0 radical (unpaired) electrons. The van der Waals surface area contributed by atoms with Crippen LogP contribution in [0.5, 0.6) is 0 Å². The third-order valence-corrected chi connectivity index (χ3v) is 8.04. The second-order valence-electron chi connectivity index (χ2n) is 7.73. The van der Waals surface area contributed by atoms with Crippen LogP contribution in [0.25, 0.3) is 0 Å². The van der Waals surface area contributed by atoms with Crippen molar-refractivity contribution in [2.24, 2.45) is 0 Å². The van der Waals surface area contributed by atoms with Crippen molar-refractivity contribution in [1.82, 2.24) is 9.80 Å². The lowest BCUT2D eigenvalue weighted by molar-refractivity contribution is 0.419. The molecule has 0 aromatic heterocycles. The van der Waals surface area contributed by atoms with E-state index < -0.39 is 19.7 Å². The Labute approximate surface area is 206 Å². The topological polar surface area (TPSA) is 74.8 Å². The summed E-state index contributed by atoms with van der Waals surface area (Å²) >= 11 is 0. The lowest BCUT2D eigenvalue weighted by Crippen LogP contribution is -2.15. The van der Waals surface area contributed by atoms with Gasteiger partial charge in [-0.15, -0.1) is 0 Å². The highest BCUT2D eigenvalue weighted by atomic mass is 32.2. The first kappa shape index (κ1) is 29.5. The van der Waals surface area contributed by atoms with Gasteiger partial charge in [-0.3, -0.25) is 0 Å². The monoisotopic (exact) mass is 506 g/mol. The van der Waals surface area contributed by atoms with E-state index in [9.17, 15) is 16.8 Å². The quantitative estimate of drug-likeness (QED) is 0.443. The number of sulfone groups is 2. The van der Waals surface area contributed by atoms with Crippen LogP contribution in [0.4, 0.5) is 0 Å². The third kappa shape index (κ3) is 9.73. The van der Waals surface area contributed by atoms with E-state index in [2.05, 4.69) is 0 Å². The van der Waals surface area contributed by atoms with Gasteiger partial charge in [0.2, 0.25) is 19.7 Å². The van der Waals surface area contributed by atoms with Crippen molar-refractivity contribution in [2.45, 2.75) is 51.3 Å². The molecule has 0 atom stereocenters. The van der Waals surface area contributed by atoms with Crippen LogP contribution in [0.15, 0.2) is 81.5 Å². The van der Waals surface area contributed by atoms with Crippen molar-refractivity contribution >= 4 is 19.7 Å². The molecule has 34 heavy (non-hydrogen) atoms. The highest BCUT2D eigenvalue weighted by Crippen LogP contribution is 2.14. The molecule has 0 spiro atoms. The molecule has 188 valence electrons. The fourth-order valence-electron chi connectivity index (χ4n) is 2.81. The molecule has 0 amide bonds. The zero-order valence-corrected chi connectivity index (χ0v) is 22.7. The number of hydrogen-bond acceptors (Lipinski definition) is 6. The van der Waals surface area contributed by atoms with E-state index in [1.165, 1.54) is 10.8 Å². The summed E-state index contributed by atoms with van der Waals surface area (Å²) < 4.78 is 47.9. The lowest BCUT2D eigenvalue weighted by atomic mass is 10.2. The van der Waals surface area contributed by atoms with Crippen LogP contribution < -0.4 is 0 Å². The normalized spacial score (nSPS) is 11.9. The Morgan fingerprint density at radius 3 is 1.06 bits per heavy atom. The zero-order chi connectivity index (χ0) is 25.8. The summed E-state index contributed by atoms with van der Waals surface area (Å²) in [6, 6.07) is 13.8. The Morgan fingerprint density at radius 2 is 0.824 bits per heavy atom. The Bertz CT molecular complexity index is 1030. The molecule has 0 aliphatic carbocycles. The van der Waals surface area contributed by atoms with Crippen LogP contribution in [0.2, 0.25) is 0 Å². The molecule has 0 saturated carbocycles. The standard InChI is InChI=1S/2C13H19NO2S/c2*1-4-14(5-2)10-11-17(15,16)13-8-6-12(3)7-9-13/h2*6-11H,4-5H2,1-3H3/b2*11-10+. The van der Waals surface area contributed by atoms with Gasteiger partial charge in [0, 0.05) is 38.6 Å². The minimum atomic E-state index is -3.31. The molecule has 0 bridgehead atoms. The summed E-state index contributed by atoms with van der Waals surface area (Å²) in [6.45, 7) is 15.0. The molecule has 2 aromatic rings. The summed E-state index contributed by atoms with van der Waals surface area (Å²) in [6.07, 6.45) is 3.27. The van der Waals surface area contributed by atoms with Gasteiger partial charge in [0.05, 0.1) is 20.6 Å². The maximum absolute atomic E-state index is 12.0. The molecule has 0 N–H and O–H groups in total. The predicted octanol–water partition coefficient (Wildman–Crippen LogP) is 5.16. The summed E-state index contributed by atoms with van der Waals surface area (Å²) in [4.78, 5) is 4.55. The molecule has 0 aliphatic heterocycles. The molecule has 0 fully saturated rings. The first-order valence-corrected chi connectivity index (χ1v) is 14.6. The van der Waals surface area contributed by atoms with Crippen molar-refractivity contribution in [1.29, 1.82) is 0 Å². The molecule has 8 heteroatoms. The summed E-state index contributed by atoms with van der Waals surface area (Å²) in [5, 5.41) is 2.54. The largest absolute Gasteiger partial charge is 0.377 e. The number of rotatable bonds is 10. The number of aryl methyl sites for hydroxylation is 2. The maximum Gasteiger partial charge on any atom is 0.201 e. The van der Waals surface area contributed by atoms with Gasteiger partial charge >= 0.3 is 0 Å². The molecule has 0 unspecified atom stereocenters. The second-order valence-corrected chi connectivity index (χ2v) is 11.4. The molecule has 2 rings (SSSR count). The van der Waals surface area contributed by atoms with Crippen LogP contribution in [-0.2, 0) is 19.7 Å². The van der Waals surface area contributed by atoms with Crippen LogP contribution in [0, 0.1) is 13.8 Å². The van der Waals surface area contributed by atoms with E-state index in [0.29, 0.717) is 9.79 Å². The van der Waals surface area contributed by atoms with Crippen LogP contribution in [0.1, 0.15) is 38.8 Å². The van der Waals surface area contributed by atoms with E-state index in [1.54, 1.807) is 60.9 Å². The van der Waals surface area contributed by atoms with Crippen LogP contribution in [-0.4, -0.2) is 52.8 Å². The van der Waals surface area contributed by atoms with Gasteiger partial charge < -0.3 is 9.80 Å². The van der Waals surface area contributed by atoms with Gasteiger partial charge in [-0.05, 0) is 65.8 Å². The first-order valence-electron chi connectivity index (χ1n) is 11.5. The molecule has 0 heterocycles. The van der Waals surface area contributed by atoms with E-state index in [4.69, 9.17) is 0 Å². The van der Waals surface area contributed by atoms with Gasteiger partial charge in [0.25, 0.3) is 0 Å². The Kier molecular flexibility index (Phi) is 12.1. The van der Waals surface area contributed by atoms with Gasteiger partial charge in [0.15, 0.2) is 0 Å². The highest BCUT2D eigenvalue weighted by molar-refractivity contribution is 7.94. The van der Waals surface area contributed by atoms with Crippen molar-refractivity contribution in [3.8, 4) is 0 Å². The average molecular weight is 507 g/mol. The molecule has 2 aromatic carbocycles. The van der Waals surface area contributed by atoms with Crippen LogP contribution >= 0.6 is 0 Å². The minimum Gasteiger partial charge on any atom is -0.377 e. The number of hydrogen-bond donors (Lipinski definition) is 0. The van der Waals surface area contributed by atoms with Crippen molar-refractivity contribution in [3.63, 3.8) is 0 Å². The maximum atomic E-state index is 12.0. The Hall–Kier alpha value is -2.58. The smallest absolute Gasteiger partial charge is 0.201 e. The predicted molar refractivity (Wildman–Crippen MR) is 141 cm³/mol. The summed E-state index contributed by atoms with van der Waals surface area (Å²) in [5.74, 6) is 0. The van der Waals surface area contributed by atoms with Crippen LogP contribution in [0.3, 0.4) is 0 Å². The Morgan fingerprint density at radius 1 is 0.559 bits per heavy atom. The summed E-state index contributed by atoms with van der Waals surface area (Å²) in [5.41, 5.74) is 2.10. The van der Waals surface area contributed by atoms with E-state index >= 15 is 0 Å². The second kappa shape index (κ2) is 14.0. The number of benzene rings is 2. The SMILES string of the molecule is CCN(/C=C/S(=O)(=O)c1ccc(C)cc1)CC.CCN(/C=C/S(=O)(=O)c1ccc(C)cc1)CC. The van der Waals surface area contributed by atoms with Gasteiger partial charge in [-0.1, -0.05) is 35.4 Å². The van der Waals surface area contributed by atoms with Crippen molar-refractivity contribution < 1.29 is 16.8 Å². The Balaban J connectivity index is 0.000000340. The minimum absolute atomic E-state index is 0.339. The van der Waals surface area contributed by atoms with Crippen molar-refractivity contribution in [2.75, 3.05) is 26.2 Å². The first-order chi connectivity index (χ1) is 16.0. The highest BCUT2D eigenvalue weighted by Gasteiger charge is 2.10. The summed E-state index contributed by atoms with van der Waals surface area (Å²) in [7, 11) is -6.63. The molecule has 6 nitrogen and oxygen atoms in total. The molecule has 0 saturated heterocycles. The van der Waals surface area contributed by atoms with E-state index in [-0.39, 0.29) is 0 Å². The lowest BCUT2D eigenvalue weighted by Gasteiger charge is -2.14. The van der Waals surface area contributed by atoms with E-state index in [0.717, 1.165) is 37.3 Å². The molecule has 0 aliphatic rings. The third-order valence-electron chi connectivity index (χ3n) is 5.23. The fourth-order valence-corrected chi connectivity index (χ4v) is 4.82. The van der Waals surface area contributed by atoms with Gasteiger partial charge in [-0.2, -0.15) is 0 Å². The zero-order valence-electron chi connectivity index (χ0n) is 21.1.